The normalized spacial score (nSPS) is 28.2. The molecule has 2 aliphatic rings. The van der Waals surface area contributed by atoms with Crippen LogP contribution in [0.15, 0.2) is 29.4 Å². The highest BCUT2D eigenvalue weighted by molar-refractivity contribution is 5.89. The Morgan fingerprint density at radius 3 is 2.88 bits per heavy atom. The van der Waals surface area contributed by atoms with Gasteiger partial charge in [-0.05, 0) is 12.5 Å². The molecule has 2 aliphatic heterocycles. The van der Waals surface area contributed by atoms with E-state index in [9.17, 15) is 0 Å². The molecule has 3 rings (SSSR count). The number of hydrogen-bond acceptors (Lipinski definition) is 3. The van der Waals surface area contributed by atoms with Gasteiger partial charge in [-0.3, -0.25) is 0 Å². The van der Waals surface area contributed by atoms with E-state index in [-0.39, 0.29) is 0 Å². The Hall–Kier alpha value is -1.35. The smallest absolute Gasteiger partial charge is 0.0782 e. The molecule has 0 aliphatic carbocycles. The molecule has 1 fully saturated rings. The Kier molecular flexibility index (Phi) is 2.40. The van der Waals surface area contributed by atoms with Gasteiger partial charge in [-0.15, -0.1) is 0 Å². The second-order valence-electron chi connectivity index (χ2n) is 4.68. The summed E-state index contributed by atoms with van der Waals surface area (Å²) in [6.07, 6.45) is 1.08. The Morgan fingerprint density at radius 2 is 2.06 bits per heavy atom. The molecule has 0 saturated carbocycles. The largest absolute Gasteiger partial charge is 0.316 e. The summed E-state index contributed by atoms with van der Waals surface area (Å²) in [7, 11) is 0. The number of nitrogens with one attached hydrogen (secondary N) is 2. The van der Waals surface area contributed by atoms with Crippen molar-refractivity contribution in [3.63, 3.8) is 0 Å². The zero-order valence-electron chi connectivity index (χ0n) is 9.53. The summed E-state index contributed by atoms with van der Waals surface area (Å²) in [5, 5.41) is 7.91. The first-order valence-electron chi connectivity index (χ1n) is 5.94. The maximum Gasteiger partial charge on any atom is 0.0782 e. The van der Waals surface area contributed by atoms with E-state index in [4.69, 9.17) is 0 Å². The van der Waals surface area contributed by atoms with Crippen molar-refractivity contribution >= 4 is 5.71 Å². The van der Waals surface area contributed by atoms with Crippen molar-refractivity contribution in [3.05, 3.63) is 35.4 Å². The average molecular weight is 215 g/mol. The van der Waals surface area contributed by atoms with Crippen LogP contribution in [0.5, 0.6) is 0 Å². The number of nitrogens with zero attached hydrogens (tertiary/aromatic N) is 1. The second kappa shape index (κ2) is 3.91. The first kappa shape index (κ1) is 9.85. The van der Waals surface area contributed by atoms with Crippen molar-refractivity contribution in [2.24, 2.45) is 11.0 Å². The summed E-state index contributed by atoms with van der Waals surface area (Å²) in [4.78, 5) is 0. The minimum Gasteiger partial charge on any atom is -0.316 e. The SMILES string of the molecule is Cc1ccc(C2NN=C3CCNCC32)cc1. The molecule has 2 N–H and O–H groups in total. The van der Waals surface area contributed by atoms with E-state index in [1.165, 1.54) is 16.8 Å². The van der Waals surface area contributed by atoms with Gasteiger partial charge in [0.2, 0.25) is 0 Å². The molecule has 0 aromatic heterocycles. The van der Waals surface area contributed by atoms with Gasteiger partial charge in [0.25, 0.3) is 0 Å². The van der Waals surface area contributed by atoms with E-state index in [1.54, 1.807) is 0 Å². The van der Waals surface area contributed by atoms with Crippen LogP contribution in [-0.4, -0.2) is 18.8 Å². The monoisotopic (exact) mass is 215 g/mol. The lowest BCUT2D eigenvalue weighted by molar-refractivity contribution is 0.450. The molecule has 0 radical (unpaired) electrons. The summed E-state index contributed by atoms with van der Waals surface area (Å²) in [6, 6.07) is 9.12. The van der Waals surface area contributed by atoms with E-state index >= 15 is 0 Å². The third kappa shape index (κ3) is 1.61. The van der Waals surface area contributed by atoms with Gasteiger partial charge in [0.05, 0.1) is 6.04 Å². The second-order valence-corrected chi connectivity index (χ2v) is 4.68. The van der Waals surface area contributed by atoms with Gasteiger partial charge in [0, 0.05) is 31.1 Å². The molecule has 1 aromatic carbocycles. The maximum atomic E-state index is 4.46. The molecular weight excluding hydrogens is 198 g/mol. The molecule has 1 aromatic rings. The van der Waals surface area contributed by atoms with Crippen molar-refractivity contribution < 1.29 is 0 Å². The van der Waals surface area contributed by atoms with E-state index < -0.39 is 0 Å². The fourth-order valence-electron chi connectivity index (χ4n) is 2.55. The molecule has 3 nitrogen and oxygen atoms in total. The number of aryl methyl sites for hydroxylation is 1. The van der Waals surface area contributed by atoms with Crippen molar-refractivity contribution in [2.75, 3.05) is 13.1 Å². The lowest BCUT2D eigenvalue weighted by Crippen LogP contribution is -2.38. The molecule has 3 heteroatoms. The molecule has 0 amide bonds. The number of fused-ring (bicyclic) bond motifs is 1. The molecule has 2 unspecified atom stereocenters. The van der Waals surface area contributed by atoms with Gasteiger partial charge < -0.3 is 10.7 Å². The zero-order valence-corrected chi connectivity index (χ0v) is 9.53. The van der Waals surface area contributed by atoms with Gasteiger partial charge in [0.1, 0.15) is 0 Å². The van der Waals surface area contributed by atoms with E-state index in [0.29, 0.717) is 12.0 Å². The molecule has 0 bridgehead atoms. The summed E-state index contributed by atoms with van der Waals surface area (Å²) in [5.74, 6) is 0.538. The minimum atomic E-state index is 0.364. The lowest BCUT2D eigenvalue weighted by Gasteiger charge is -2.25. The van der Waals surface area contributed by atoms with E-state index in [2.05, 4.69) is 47.0 Å². The van der Waals surface area contributed by atoms with Crippen LogP contribution >= 0.6 is 0 Å². The molecule has 2 atom stereocenters. The topological polar surface area (TPSA) is 36.4 Å². The third-order valence-corrected chi connectivity index (χ3v) is 3.54. The Morgan fingerprint density at radius 1 is 1.25 bits per heavy atom. The van der Waals surface area contributed by atoms with Gasteiger partial charge in [0.15, 0.2) is 0 Å². The first-order valence-corrected chi connectivity index (χ1v) is 5.94. The molecular formula is C13H17N3. The molecule has 1 saturated heterocycles. The summed E-state index contributed by atoms with van der Waals surface area (Å²) >= 11 is 0. The van der Waals surface area contributed by atoms with Crippen LogP contribution in [0.1, 0.15) is 23.6 Å². The minimum absolute atomic E-state index is 0.364. The standard InChI is InChI=1S/C13H17N3/c1-9-2-4-10(5-3-9)13-11-8-14-7-6-12(11)15-16-13/h2-5,11,13-14,16H,6-8H2,1H3. The first-order chi connectivity index (χ1) is 7.84. The summed E-state index contributed by atoms with van der Waals surface area (Å²) in [6.45, 7) is 4.23. The fourth-order valence-corrected chi connectivity index (χ4v) is 2.55. The van der Waals surface area contributed by atoms with Gasteiger partial charge in [-0.1, -0.05) is 29.8 Å². The van der Waals surface area contributed by atoms with Crippen LogP contribution in [0.25, 0.3) is 0 Å². The molecule has 16 heavy (non-hydrogen) atoms. The number of rotatable bonds is 1. The highest BCUT2D eigenvalue weighted by Gasteiger charge is 2.33. The molecule has 84 valence electrons. The predicted octanol–water partition coefficient (Wildman–Crippen LogP) is 1.60. The van der Waals surface area contributed by atoms with Gasteiger partial charge >= 0.3 is 0 Å². The fraction of sp³-hybridized carbons (Fsp3) is 0.462. The van der Waals surface area contributed by atoms with Gasteiger partial charge in [-0.2, -0.15) is 5.10 Å². The zero-order chi connectivity index (χ0) is 11.0. The highest BCUT2D eigenvalue weighted by atomic mass is 15.3. The van der Waals surface area contributed by atoms with Crippen LogP contribution < -0.4 is 10.7 Å². The predicted molar refractivity (Wildman–Crippen MR) is 65.5 cm³/mol. The van der Waals surface area contributed by atoms with Crippen molar-refractivity contribution in [2.45, 2.75) is 19.4 Å². The van der Waals surface area contributed by atoms with Crippen molar-refractivity contribution in [1.82, 2.24) is 10.7 Å². The maximum absolute atomic E-state index is 4.46. The number of hydrogen-bond donors (Lipinski definition) is 2. The number of piperidine rings is 1. The van der Waals surface area contributed by atoms with Crippen LogP contribution in [0, 0.1) is 12.8 Å². The molecule has 0 spiro atoms. The molecule has 2 heterocycles. The number of hydrazone groups is 1. The Bertz CT molecular complexity index is 408. The summed E-state index contributed by atoms with van der Waals surface area (Å²) in [5.41, 5.74) is 7.27. The van der Waals surface area contributed by atoms with E-state index in [0.717, 1.165) is 19.5 Å². The van der Waals surface area contributed by atoms with Crippen molar-refractivity contribution in [3.8, 4) is 0 Å². The highest BCUT2D eigenvalue weighted by Crippen LogP contribution is 2.30. The van der Waals surface area contributed by atoms with Crippen molar-refractivity contribution in [1.29, 1.82) is 0 Å². The summed E-state index contributed by atoms with van der Waals surface area (Å²) < 4.78 is 0. The average Bonchev–Trinajstić information content (AvgIpc) is 2.74. The third-order valence-electron chi connectivity index (χ3n) is 3.54. The lowest BCUT2D eigenvalue weighted by atomic mass is 9.87. The van der Waals surface area contributed by atoms with Crippen LogP contribution in [-0.2, 0) is 0 Å². The Labute approximate surface area is 95.9 Å². The van der Waals surface area contributed by atoms with E-state index in [1.807, 2.05) is 0 Å². The van der Waals surface area contributed by atoms with Crippen LogP contribution in [0.4, 0.5) is 0 Å². The van der Waals surface area contributed by atoms with Gasteiger partial charge in [-0.25, -0.2) is 0 Å². The van der Waals surface area contributed by atoms with Crippen LogP contribution in [0.2, 0.25) is 0 Å². The quantitative estimate of drug-likeness (QED) is 0.746. The van der Waals surface area contributed by atoms with Crippen LogP contribution in [0.3, 0.4) is 0 Å². The number of benzene rings is 1. The Balaban J connectivity index is 1.84.